The molecule has 2 rings (SSSR count). The second kappa shape index (κ2) is 1.66. The Balaban J connectivity index is 3.01. The van der Waals surface area contributed by atoms with Gasteiger partial charge in [0.05, 0.1) is 0 Å². The first kappa shape index (κ1) is 5.16. The first-order valence-electron chi connectivity index (χ1n) is 2.75. The Morgan fingerprint density at radius 3 is 3.30 bits per heavy atom. The number of hydrogen-bond donors (Lipinski definition) is 1. The van der Waals surface area contributed by atoms with Gasteiger partial charge in [0.1, 0.15) is 6.33 Å². The Labute approximate surface area is 55.3 Å². The highest BCUT2D eigenvalue weighted by Crippen LogP contribution is 1.87. The maximum Gasteiger partial charge on any atom is 0.362 e. The lowest BCUT2D eigenvalue weighted by Crippen LogP contribution is -2.01. The number of aromatic amines is 1. The maximum absolute atomic E-state index is 10.6. The van der Waals surface area contributed by atoms with Gasteiger partial charge in [-0.3, -0.25) is 0 Å². The van der Waals surface area contributed by atoms with Crippen molar-refractivity contribution in [1.82, 2.24) is 19.6 Å². The molecule has 0 aliphatic carbocycles. The van der Waals surface area contributed by atoms with Crippen LogP contribution in [0.5, 0.6) is 0 Å². The number of hydrogen-bond acceptors (Lipinski definition) is 3. The standard InChI is InChI=1S/C5H4N4O/c10-5-7-4-1-2-6-3-9(4)8-5/h1-3H,(H,8,10). The topological polar surface area (TPSA) is 63.1 Å². The first-order valence-corrected chi connectivity index (χ1v) is 2.75. The molecule has 0 saturated heterocycles. The third kappa shape index (κ3) is 0.604. The second-order valence-corrected chi connectivity index (χ2v) is 1.84. The highest BCUT2D eigenvalue weighted by molar-refractivity contribution is 5.32. The molecule has 0 unspecified atom stereocenters. The molecule has 10 heavy (non-hydrogen) atoms. The lowest BCUT2D eigenvalue weighted by atomic mass is 10.6. The van der Waals surface area contributed by atoms with Crippen LogP contribution in [0.1, 0.15) is 0 Å². The van der Waals surface area contributed by atoms with Gasteiger partial charge in [0.25, 0.3) is 0 Å². The van der Waals surface area contributed by atoms with Crippen molar-refractivity contribution in [1.29, 1.82) is 0 Å². The molecular weight excluding hydrogens is 132 g/mol. The molecule has 0 aliphatic rings. The Kier molecular flexibility index (Phi) is 0.858. The van der Waals surface area contributed by atoms with Crippen LogP contribution in [0.4, 0.5) is 0 Å². The monoisotopic (exact) mass is 136 g/mol. The van der Waals surface area contributed by atoms with Crippen molar-refractivity contribution in [3.05, 3.63) is 29.1 Å². The summed E-state index contributed by atoms with van der Waals surface area (Å²) in [5, 5.41) is 2.45. The highest BCUT2D eigenvalue weighted by atomic mass is 16.1. The third-order valence-electron chi connectivity index (χ3n) is 1.17. The predicted molar refractivity (Wildman–Crippen MR) is 33.6 cm³/mol. The molecule has 0 aromatic carbocycles. The Hall–Kier alpha value is -1.65. The predicted octanol–water partition coefficient (Wildman–Crippen LogP) is -0.582. The molecular formula is C5H4N4O. The van der Waals surface area contributed by atoms with E-state index < -0.39 is 0 Å². The SMILES string of the molecule is O=c1nc2ccncn2[nH]1. The number of aromatic nitrogens is 4. The average Bonchev–Trinajstić information content (AvgIpc) is 2.27. The fourth-order valence-electron chi connectivity index (χ4n) is 0.764. The molecule has 0 fully saturated rings. The van der Waals surface area contributed by atoms with Gasteiger partial charge in [0.15, 0.2) is 5.65 Å². The fourth-order valence-corrected chi connectivity index (χ4v) is 0.764. The van der Waals surface area contributed by atoms with Crippen molar-refractivity contribution < 1.29 is 0 Å². The summed E-state index contributed by atoms with van der Waals surface area (Å²) in [6.45, 7) is 0. The molecule has 5 nitrogen and oxygen atoms in total. The van der Waals surface area contributed by atoms with Gasteiger partial charge < -0.3 is 0 Å². The van der Waals surface area contributed by atoms with Crippen LogP contribution in [0.25, 0.3) is 5.65 Å². The van der Waals surface area contributed by atoms with Gasteiger partial charge in [0, 0.05) is 12.3 Å². The van der Waals surface area contributed by atoms with E-state index in [0.29, 0.717) is 5.65 Å². The van der Waals surface area contributed by atoms with E-state index in [9.17, 15) is 4.79 Å². The van der Waals surface area contributed by atoms with Crippen molar-refractivity contribution in [3.8, 4) is 0 Å². The highest BCUT2D eigenvalue weighted by Gasteiger charge is 1.92. The van der Waals surface area contributed by atoms with E-state index >= 15 is 0 Å². The Bertz CT molecular complexity index is 365. The molecule has 1 N–H and O–H groups in total. The average molecular weight is 136 g/mol. The maximum atomic E-state index is 10.6. The minimum atomic E-state index is -0.354. The van der Waals surface area contributed by atoms with Crippen molar-refractivity contribution in [2.75, 3.05) is 0 Å². The van der Waals surface area contributed by atoms with E-state index in [0.717, 1.165) is 0 Å². The number of H-pyrrole nitrogens is 1. The molecule has 0 amide bonds. The molecule has 2 aromatic rings. The van der Waals surface area contributed by atoms with Crippen molar-refractivity contribution >= 4 is 5.65 Å². The second-order valence-electron chi connectivity index (χ2n) is 1.84. The molecule has 0 atom stereocenters. The van der Waals surface area contributed by atoms with Crippen LogP contribution in [0.3, 0.4) is 0 Å². The molecule has 0 radical (unpaired) electrons. The molecule has 0 saturated carbocycles. The van der Waals surface area contributed by atoms with E-state index in [1.165, 1.54) is 10.8 Å². The normalized spacial score (nSPS) is 10.4. The van der Waals surface area contributed by atoms with Crippen LogP contribution < -0.4 is 5.69 Å². The molecule has 50 valence electrons. The fraction of sp³-hybridized carbons (Fsp3) is 0. The summed E-state index contributed by atoms with van der Waals surface area (Å²) in [7, 11) is 0. The smallest absolute Gasteiger partial charge is 0.245 e. The van der Waals surface area contributed by atoms with Gasteiger partial charge >= 0.3 is 5.69 Å². The zero-order chi connectivity index (χ0) is 6.97. The molecule has 0 aliphatic heterocycles. The van der Waals surface area contributed by atoms with E-state index in [2.05, 4.69) is 15.1 Å². The number of nitrogens with one attached hydrogen (secondary N) is 1. The minimum absolute atomic E-state index is 0.354. The van der Waals surface area contributed by atoms with Crippen LogP contribution in [0, 0.1) is 0 Å². The zero-order valence-corrected chi connectivity index (χ0v) is 4.98. The van der Waals surface area contributed by atoms with Crippen LogP contribution in [-0.2, 0) is 0 Å². The molecule has 5 heteroatoms. The number of fused-ring (bicyclic) bond motifs is 1. The zero-order valence-electron chi connectivity index (χ0n) is 4.98. The molecule has 0 bridgehead atoms. The van der Waals surface area contributed by atoms with Crippen molar-refractivity contribution in [2.24, 2.45) is 0 Å². The van der Waals surface area contributed by atoms with E-state index in [-0.39, 0.29) is 5.69 Å². The summed E-state index contributed by atoms with van der Waals surface area (Å²) < 4.78 is 1.46. The van der Waals surface area contributed by atoms with Gasteiger partial charge in [0.2, 0.25) is 0 Å². The van der Waals surface area contributed by atoms with Crippen molar-refractivity contribution in [2.45, 2.75) is 0 Å². The van der Waals surface area contributed by atoms with Crippen LogP contribution in [-0.4, -0.2) is 19.6 Å². The number of rotatable bonds is 0. The summed E-state index contributed by atoms with van der Waals surface area (Å²) in [4.78, 5) is 18.0. The summed E-state index contributed by atoms with van der Waals surface area (Å²) in [6.07, 6.45) is 3.07. The van der Waals surface area contributed by atoms with Gasteiger partial charge in [-0.1, -0.05) is 0 Å². The van der Waals surface area contributed by atoms with E-state index in [4.69, 9.17) is 0 Å². The van der Waals surface area contributed by atoms with Gasteiger partial charge in [-0.2, -0.15) is 4.98 Å². The van der Waals surface area contributed by atoms with Crippen LogP contribution >= 0.6 is 0 Å². The summed E-state index contributed by atoms with van der Waals surface area (Å²) >= 11 is 0. The quantitative estimate of drug-likeness (QED) is 0.526. The molecule has 2 heterocycles. The van der Waals surface area contributed by atoms with Crippen molar-refractivity contribution in [3.63, 3.8) is 0 Å². The van der Waals surface area contributed by atoms with Crippen LogP contribution in [0.15, 0.2) is 23.4 Å². The van der Waals surface area contributed by atoms with Gasteiger partial charge in [-0.15, -0.1) is 0 Å². The van der Waals surface area contributed by atoms with E-state index in [1.807, 2.05) is 0 Å². The Morgan fingerprint density at radius 2 is 2.50 bits per heavy atom. The van der Waals surface area contributed by atoms with E-state index in [1.54, 1.807) is 12.3 Å². The van der Waals surface area contributed by atoms with Crippen LogP contribution in [0.2, 0.25) is 0 Å². The third-order valence-corrected chi connectivity index (χ3v) is 1.17. The summed E-state index contributed by atoms with van der Waals surface area (Å²) in [6, 6.07) is 1.65. The number of nitrogens with zero attached hydrogens (tertiary/aromatic N) is 3. The molecule has 0 spiro atoms. The lowest BCUT2D eigenvalue weighted by molar-refractivity contribution is 0.902. The van der Waals surface area contributed by atoms with Gasteiger partial charge in [-0.25, -0.2) is 19.4 Å². The summed E-state index contributed by atoms with van der Waals surface area (Å²) in [5.74, 6) is 0. The minimum Gasteiger partial charge on any atom is -0.245 e. The Morgan fingerprint density at radius 1 is 1.60 bits per heavy atom. The largest absolute Gasteiger partial charge is 0.362 e. The van der Waals surface area contributed by atoms with Gasteiger partial charge in [-0.05, 0) is 0 Å². The molecule has 2 aromatic heterocycles. The lowest BCUT2D eigenvalue weighted by Gasteiger charge is -1.85. The first-order chi connectivity index (χ1) is 4.86. The summed E-state index contributed by atoms with van der Waals surface area (Å²) in [5.41, 5.74) is 0.230.